The largest absolute Gasteiger partial charge is 0.393 e. The van der Waals surface area contributed by atoms with Gasteiger partial charge in [-0.15, -0.1) is 11.3 Å². The summed E-state index contributed by atoms with van der Waals surface area (Å²) < 4.78 is 26.2. The van der Waals surface area contributed by atoms with Crippen LogP contribution in [-0.4, -0.2) is 38.6 Å². The van der Waals surface area contributed by atoms with Gasteiger partial charge in [0.25, 0.3) is 0 Å². The Morgan fingerprint density at radius 1 is 1.45 bits per heavy atom. The van der Waals surface area contributed by atoms with E-state index in [2.05, 4.69) is 10.0 Å². The summed E-state index contributed by atoms with van der Waals surface area (Å²) in [6.45, 7) is 0.632. The standard InChI is InChI=1S/C12H18N2O4S2/c15-10-6-9(7-10)8-13-11(16)3-4-14-20(17,18)12-2-1-5-19-12/h1-2,5,9-10,14-15H,3-4,6-8H2,(H,13,16). The number of carbonyl (C=O) groups excluding carboxylic acids is 1. The molecule has 0 radical (unpaired) electrons. The van der Waals surface area contributed by atoms with Gasteiger partial charge in [0.2, 0.25) is 15.9 Å². The minimum Gasteiger partial charge on any atom is -0.393 e. The molecular weight excluding hydrogens is 300 g/mol. The molecule has 112 valence electrons. The van der Waals surface area contributed by atoms with E-state index in [1.54, 1.807) is 11.4 Å². The number of amides is 1. The van der Waals surface area contributed by atoms with Crippen molar-refractivity contribution in [2.45, 2.75) is 29.6 Å². The predicted molar refractivity (Wildman–Crippen MR) is 75.9 cm³/mol. The van der Waals surface area contributed by atoms with Crippen LogP contribution in [0.1, 0.15) is 19.3 Å². The van der Waals surface area contributed by atoms with Crippen LogP contribution < -0.4 is 10.0 Å². The number of carbonyl (C=O) groups is 1. The van der Waals surface area contributed by atoms with Gasteiger partial charge < -0.3 is 10.4 Å². The van der Waals surface area contributed by atoms with E-state index in [0.717, 1.165) is 24.2 Å². The van der Waals surface area contributed by atoms with Crippen molar-refractivity contribution in [2.24, 2.45) is 5.92 Å². The molecule has 6 nitrogen and oxygen atoms in total. The van der Waals surface area contributed by atoms with Crippen LogP contribution in [0.3, 0.4) is 0 Å². The van der Waals surface area contributed by atoms with Crippen molar-refractivity contribution in [3.05, 3.63) is 17.5 Å². The molecule has 1 amide bonds. The topological polar surface area (TPSA) is 95.5 Å². The minimum atomic E-state index is -3.49. The second kappa shape index (κ2) is 6.66. The molecule has 1 aliphatic rings. The molecular formula is C12H18N2O4S2. The zero-order chi connectivity index (χ0) is 14.6. The lowest BCUT2D eigenvalue weighted by Gasteiger charge is -2.31. The second-order valence-corrected chi connectivity index (χ2v) is 7.82. The summed E-state index contributed by atoms with van der Waals surface area (Å²) in [4.78, 5) is 11.5. The fourth-order valence-electron chi connectivity index (χ4n) is 2.00. The van der Waals surface area contributed by atoms with Gasteiger partial charge in [0.05, 0.1) is 6.10 Å². The molecule has 1 aliphatic carbocycles. The number of nitrogens with one attached hydrogen (secondary N) is 2. The summed E-state index contributed by atoms with van der Waals surface area (Å²) >= 11 is 1.14. The Labute approximate surface area is 122 Å². The van der Waals surface area contributed by atoms with E-state index in [0.29, 0.717) is 12.5 Å². The van der Waals surface area contributed by atoms with Crippen LogP contribution in [0.15, 0.2) is 21.7 Å². The molecule has 0 aromatic carbocycles. The average molecular weight is 318 g/mol. The van der Waals surface area contributed by atoms with Gasteiger partial charge in [-0.25, -0.2) is 13.1 Å². The Morgan fingerprint density at radius 2 is 2.20 bits per heavy atom. The highest BCUT2D eigenvalue weighted by atomic mass is 32.2. The van der Waals surface area contributed by atoms with Crippen LogP contribution in [0.2, 0.25) is 0 Å². The number of hydrogen-bond acceptors (Lipinski definition) is 5. The second-order valence-electron chi connectivity index (χ2n) is 4.88. The van der Waals surface area contributed by atoms with Crippen molar-refractivity contribution in [1.82, 2.24) is 10.0 Å². The van der Waals surface area contributed by atoms with E-state index >= 15 is 0 Å². The lowest BCUT2D eigenvalue weighted by molar-refractivity contribution is -0.121. The molecule has 20 heavy (non-hydrogen) atoms. The van der Waals surface area contributed by atoms with Gasteiger partial charge >= 0.3 is 0 Å². The highest BCUT2D eigenvalue weighted by molar-refractivity contribution is 7.91. The molecule has 8 heteroatoms. The Morgan fingerprint density at radius 3 is 2.80 bits per heavy atom. The van der Waals surface area contributed by atoms with Crippen LogP contribution in [0.25, 0.3) is 0 Å². The van der Waals surface area contributed by atoms with E-state index in [9.17, 15) is 13.2 Å². The van der Waals surface area contributed by atoms with Crippen LogP contribution in [0.4, 0.5) is 0 Å². The number of aliphatic hydroxyl groups is 1. The summed E-state index contributed by atoms with van der Waals surface area (Å²) in [5.41, 5.74) is 0. The normalized spacial score (nSPS) is 22.2. The number of hydrogen-bond donors (Lipinski definition) is 3. The Kier molecular flexibility index (Phi) is 5.14. The first-order valence-electron chi connectivity index (χ1n) is 6.45. The predicted octanol–water partition coefficient (Wildman–Crippen LogP) is 0.304. The molecule has 0 saturated heterocycles. The zero-order valence-electron chi connectivity index (χ0n) is 10.9. The minimum absolute atomic E-state index is 0.0827. The molecule has 1 aromatic heterocycles. The maximum atomic E-state index is 11.8. The molecule has 1 saturated carbocycles. The van der Waals surface area contributed by atoms with E-state index in [1.807, 2.05) is 0 Å². The van der Waals surface area contributed by atoms with E-state index in [1.165, 1.54) is 6.07 Å². The SMILES string of the molecule is O=C(CCNS(=O)(=O)c1cccs1)NCC1CC(O)C1. The molecule has 0 aliphatic heterocycles. The highest BCUT2D eigenvalue weighted by Gasteiger charge is 2.27. The van der Waals surface area contributed by atoms with Crippen molar-refractivity contribution in [2.75, 3.05) is 13.1 Å². The summed E-state index contributed by atoms with van der Waals surface area (Å²) in [7, 11) is -3.49. The van der Waals surface area contributed by atoms with Gasteiger partial charge in [-0.2, -0.15) is 0 Å². The van der Waals surface area contributed by atoms with Crippen LogP contribution >= 0.6 is 11.3 Å². The average Bonchev–Trinajstić information content (AvgIpc) is 2.87. The molecule has 2 rings (SSSR count). The van der Waals surface area contributed by atoms with Gasteiger partial charge in [-0.1, -0.05) is 6.07 Å². The summed E-state index contributed by atoms with van der Waals surface area (Å²) in [6.07, 6.45) is 1.34. The molecule has 1 fully saturated rings. The van der Waals surface area contributed by atoms with Gasteiger partial charge in [0.15, 0.2) is 0 Å². The van der Waals surface area contributed by atoms with E-state index < -0.39 is 10.0 Å². The monoisotopic (exact) mass is 318 g/mol. The Hall–Kier alpha value is -0.960. The van der Waals surface area contributed by atoms with Crippen LogP contribution in [0, 0.1) is 5.92 Å². The molecule has 0 atom stereocenters. The van der Waals surface area contributed by atoms with Crippen molar-refractivity contribution in [3.8, 4) is 0 Å². The maximum Gasteiger partial charge on any atom is 0.250 e. The Balaban J connectivity index is 1.64. The summed E-state index contributed by atoms with van der Waals surface area (Å²) in [5, 5.41) is 13.5. The van der Waals surface area contributed by atoms with Gasteiger partial charge in [-0.3, -0.25) is 4.79 Å². The number of sulfonamides is 1. The number of aliphatic hydroxyl groups excluding tert-OH is 1. The fraction of sp³-hybridized carbons (Fsp3) is 0.583. The van der Waals surface area contributed by atoms with Crippen molar-refractivity contribution in [3.63, 3.8) is 0 Å². The Bertz CT molecular complexity index is 536. The lowest BCUT2D eigenvalue weighted by atomic mass is 9.82. The molecule has 1 aromatic rings. The molecule has 1 heterocycles. The third-order valence-electron chi connectivity index (χ3n) is 3.20. The fourth-order valence-corrected chi connectivity index (χ4v) is 4.07. The number of rotatable bonds is 7. The molecule has 0 bridgehead atoms. The van der Waals surface area contributed by atoms with Crippen molar-refractivity contribution >= 4 is 27.3 Å². The van der Waals surface area contributed by atoms with Crippen LogP contribution in [-0.2, 0) is 14.8 Å². The van der Waals surface area contributed by atoms with E-state index in [4.69, 9.17) is 5.11 Å². The third-order valence-corrected chi connectivity index (χ3v) is 6.06. The maximum absolute atomic E-state index is 11.8. The van der Waals surface area contributed by atoms with Crippen LogP contribution in [0.5, 0.6) is 0 Å². The quantitative estimate of drug-likeness (QED) is 0.674. The molecule has 0 spiro atoms. The first-order chi connectivity index (χ1) is 9.47. The van der Waals surface area contributed by atoms with Gasteiger partial charge in [-0.05, 0) is 30.2 Å². The zero-order valence-corrected chi connectivity index (χ0v) is 12.5. The summed E-state index contributed by atoms with van der Waals surface area (Å²) in [5.74, 6) is 0.164. The van der Waals surface area contributed by atoms with Crippen molar-refractivity contribution in [1.29, 1.82) is 0 Å². The lowest BCUT2D eigenvalue weighted by Crippen LogP contribution is -2.39. The first kappa shape index (κ1) is 15.4. The first-order valence-corrected chi connectivity index (χ1v) is 8.81. The van der Waals surface area contributed by atoms with E-state index in [-0.39, 0.29) is 29.2 Å². The van der Waals surface area contributed by atoms with Gasteiger partial charge in [0, 0.05) is 19.5 Å². The van der Waals surface area contributed by atoms with Crippen molar-refractivity contribution < 1.29 is 18.3 Å². The smallest absolute Gasteiger partial charge is 0.250 e. The molecule has 0 unspecified atom stereocenters. The molecule has 3 N–H and O–H groups in total. The number of thiophene rings is 1. The third kappa shape index (κ3) is 4.27. The van der Waals surface area contributed by atoms with Gasteiger partial charge in [0.1, 0.15) is 4.21 Å². The highest BCUT2D eigenvalue weighted by Crippen LogP contribution is 2.26. The summed E-state index contributed by atoms with van der Waals surface area (Å²) in [6, 6.07) is 3.19.